The molecule has 1 aromatic carbocycles. The van der Waals surface area contributed by atoms with Crippen LogP contribution in [0.25, 0.3) is 0 Å². The van der Waals surface area contributed by atoms with Crippen molar-refractivity contribution in [3.8, 4) is 0 Å². The summed E-state index contributed by atoms with van der Waals surface area (Å²) < 4.78 is 36.8. The first-order valence-electron chi connectivity index (χ1n) is 3.36. The fourth-order valence-electron chi connectivity index (χ4n) is 0.651. The molecule has 0 amide bonds. The molecule has 4 nitrogen and oxygen atoms in total. The molecule has 0 unspecified atom stereocenters. The predicted molar refractivity (Wildman–Crippen MR) is 45.8 cm³/mol. The van der Waals surface area contributed by atoms with E-state index in [1.807, 2.05) is 0 Å². The van der Waals surface area contributed by atoms with E-state index >= 15 is 0 Å². The molecule has 0 N–H and O–H groups in total. The molecule has 13 heavy (non-hydrogen) atoms. The van der Waals surface area contributed by atoms with Crippen molar-refractivity contribution in [3.05, 3.63) is 30.1 Å². The van der Waals surface area contributed by atoms with Gasteiger partial charge in [0.1, 0.15) is 5.69 Å². The number of halogens is 1. The van der Waals surface area contributed by atoms with Crippen molar-refractivity contribution >= 4 is 15.7 Å². The van der Waals surface area contributed by atoms with E-state index in [1.165, 1.54) is 18.2 Å². The second-order valence-electron chi connectivity index (χ2n) is 2.37. The molecule has 0 aromatic heterocycles. The summed E-state index contributed by atoms with van der Waals surface area (Å²) in [6, 6.07) is 5.54. The lowest BCUT2D eigenvalue weighted by molar-refractivity contribution is 0.600. The Labute approximate surface area is 75.2 Å². The van der Waals surface area contributed by atoms with Gasteiger partial charge in [0.25, 0.3) is 10.0 Å². The highest BCUT2D eigenvalue weighted by Crippen LogP contribution is 2.16. The minimum atomic E-state index is -3.55. The molecule has 0 bridgehead atoms. The van der Waals surface area contributed by atoms with Crippen molar-refractivity contribution in [2.24, 2.45) is 9.63 Å². The Balaban J connectivity index is 3.00. The summed E-state index contributed by atoms with van der Waals surface area (Å²) >= 11 is 0. The fraction of sp³-hybridized carbons (Fsp3) is 0.143. The van der Waals surface area contributed by atoms with E-state index in [2.05, 4.69) is 9.63 Å². The van der Waals surface area contributed by atoms with Crippen LogP contribution in [0.5, 0.6) is 0 Å². The number of hydrogen-bond acceptors (Lipinski definition) is 3. The molecular weight excluding hydrogens is 195 g/mol. The monoisotopic (exact) mass is 202 g/mol. The molecule has 70 valence electrons. The van der Waals surface area contributed by atoms with Crippen LogP contribution < -0.4 is 0 Å². The molecule has 0 aliphatic rings. The van der Waals surface area contributed by atoms with Gasteiger partial charge in [0.05, 0.1) is 6.26 Å². The quantitative estimate of drug-likeness (QED) is 0.687. The molecule has 0 spiro atoms. The SMILES string of the molecule is CS(=O)(=O)N=Nc1ccccc1F. The maximum absolute atomic E-state index is 12.8. The molecule has 0 fully saturated rings. The van der Waals surface area contributed by atoms with Crippen molar-refractivity contribution in [1.82, 2.24) is 0 Å². The van der Waals surface area contributed by atoms with Gasteiger partial charge in [-0.2, -0.15) is 0 Å². The van der Waals surface area contributed by atoms with Gasteiger partial charge in [-0.25, -0.2) is 12.8 Å². The summed E-state index contributed by atoms with van der Waals surface area (Å²) in [5.74, 6) is -0.602. The van der Waals surface area contributed by atoms with Gasteiger partial charge in [0, 0.05) is 0 Å². The van der Waals surface area contributed by atoms with E-state index in [0.29, 0.717) is 0 Å². The molecule has 0 heterocycles. The highest BCUT2D eigenvalue weighted by Gasteiger charge is 2.00. The standard InChI is InChI=1S/C7H7FN2O2S/c1-13(11,12)10-9-7-5-3-2-4-6(7)8/h2-5H,1H3. The molecule has 0 aliphatic heterocycles. The van der Waals surface area contributed by atoms with Crippen molar-refractivity contribution in [1.29, 1.82) is 0 Å². The number of sulfonamides is 1. The van der Waals surface area contributed by atoms with Gasteiger partial charge in [0.2, 0.25) is 0 Å². The minimum Gasteiger partial charge on any atom is -0.205 e. The lowest BCUT2D eigenvalue weighted by Gasteiger charge is -1.91. The maximum atomic E-state index is 12.8. The van der Waals surface area contributed by atoms with Crippen LogP contribution in [0.4, 0.5) is 10.1 Å². The largest absolute Gasteiger partial charge is 0.267 e. The zero-order valence-electron chi connectivity index (χ0n) is 6.81. The maximum Gasteiger partial charge on any atom is 0.267 e. The third-order valence-electron chi connectivity index (χ3n) is 1.15. The summed E-state index contributed by atoms with van der Waals surface area (Å²) in [6.45, 7) is 0. The first-order chi connectivity index (χ1) is 5.99. The van der Waals surface area contributed by atoms with Crippen LogP contribution in [0.3, 0.4) is 0 Å². The fourth-order valence-corrected chi connectivity index (χ4v) is 0.887. The van der Waals surface area contributed by atoms with E-state index < -0.39 is 15.8 Å². The normalized spacial score (nSPS) is 12.2. The number of rotatable bonds is 2. The van der Waals surface area contributed by atoms with E-state index in [1.54, 1.807) is 6.07 Å². The van der Waals surface area contributed by atoms with E-state index in [4.69, 9.17) is 0 Å². The lowest BCUT2D eigenvalue weighted by atomic mass is 10.3. The third kappa shape index (κ3) is 3.29. The Morgan fingerprint density at radius 3 is 2.46 bits per heavy atom. The zero-order valence-corrected chi connectivity index (χ0v) is 7.62. The molecular formula is C7H7FN2O2S. The van der Waals surface area contributed by atoms with Gasteiger partial charge >= 0.3 is 0 Å². The molecule has 6 heteroatoms. The van der Waals surface area contributed by atoms with Crippen molar-refractivity contribution in [2.75, 3.05) is 6.26 Å². The minimum absolute atomic E-state index is 0.0899. The topological polar surface area (TPSA) is 58.9 Å². The average Bonchev–Trinajstić information content (AvgIpc) is 2.01. The van der Waals surface area contributed by atoms with Crippen LogP contribution in [0.2, 0.25) is 0 Å². The third-order valence-corrected chi connectivity index (χ3v) is 1.53. The number of nitrogens with zero attached hydrogens (tertiary/aromatic N) is 2. The second kappa shape index (κ2) is 3.61. The van der Waals surface area contributed by atoms with Crippen LogP contribution in [0.15, 0.2) is 33.9 Å². The Hall–Kier alpha value is -1.30. The van der Waals surface area contributed by atoms with Gasteiger partial charge in [-0.3, -0.25) is 0 Å². The Morgan fingerprint density at radius 1 is 1.31 bits per heavy atom. The molecule has 0 saturated carbocycles. The molecule has 0 atom stereocenters. The van der Waals surface area contributed by atoms with Gasteiger partial charge in [0.15, 0.2) is 5.82 Å². The van der Waals surface area contributed by atoms with Crippen molar-refractivity contribution in [2.45, 2.75) is 0 Å². The smallest absolute Gasteiger partial charge is 0.205 e. The summed E-state index contributed by atoms with van der Waals surface area (Å²) in [5, 5.41) is 3.24. The Kier molecular flexibility index (Phi) is 2.72. The van der Waals surface area contributed by atoms with Gasteiger partial charge in [-0.1, -0.05) is 16.7 Å². The first kappa shape index (κ1) is 9.79. The number of hydrogen-bond donors (Lipinski definition) is 0. The van der Waals surface area contributed by atoms with E-state index in [-0.39, 0.29) is 5.69 Å². The molecule has 0 saturated heterocycles. The number of benzene rings is 1. The van der Waals surface area contributed by atoms with Crippen LogP contribution in [0, 0.1) is 5.82 Å². The molecule has 0 aliphatic carbocycles. The average molecular weight is 202 g/mol. The predicted octanol–water partition coefficient (Wildman–Crippen LogP) is 1.87. The van der Waals surface area contributed by atoms with Gasteiger partial charge in [-0.15, -0.1) is 5.11 Å². The summed E-state index contributed by atoms with van der Waals surface area (Å²) in [7, 11) is -3.55. The zero-order chi connectivity index (χ0) is 9.90. The van der Waals surface area contributed by atoms with Crippen LogP contribution in [-0.4, -0.2) is 14.7 Å². The van der Waals surface area contributed by atoms with Crippen molar-refractivity contribution < 1.29 is 12.8 Å². The highest BCUT2D eigenvalue weighted by molar-refractivity contribution is 7.89. The van der Waals surface area contributed by atoms with Gasteiger partial charge < -0.3 is 0 Å². The Morgan fingerprint density at radius 2 is 1.92 bits per heavy atom. The van der Waals surface area contributed by atoms with E-state index in [9.17, 15) is 12.8 Å². The highest BCUT2D eigenvalue weighted by atomic mass is 32.2. The van der Waals surface area contributed by atoms with E-state index in [0.717, 1.165) is 6.26 Å². The van der Waals surface area contributed by atoms with Crippen molar-refractivity contribution in [3.63, 3.8) is 0 Å². The summed E-state index contributed by atoms with van der Waals surface area (Å²) in [5.41, 5.74) is -0.0899. The summed E-state index contributed by atoms with van der Waals surface area (Å²) in [4.78, 5) is 0. The molecule has 1 rings (SSSR count). The summed E-state index contributed by atoms with van der Waals surface area (Å²) in [6.07, 6.45) is 0.886. The molecule has 1 aromatic rings. The second-order valence-corrected chi connectivity index (χ2v) is 4.00. The van der Waals surface area contributed by atoms with Crippen LogP contribution in [-0.2, 0) is 10.0 Å². The van der Waals surface area contributed by atoms with Crippen LogP contribution >= 0.6 is 0 Å². The van der Waals surface area contributed by atoms with Gasteiger partial charge in [-0.05, 0) is 12.1 Å². The Bertz CT molecular complexity index is 428. The van der Waals surface area contributed by atoms with Crippen LogP contribution in [0.1, 0.15) is 0 Å². The lowest BCUT2D eigenvalue weighted by Crippen LogP contribution is -1.87. The molecule has 0 radical (unpaired) electrons. The first-order valence-corrected chi connectivity index (χ1v) is 5.21.